The van der Waals surface area contributed by atoms with Crippen molar-refractivity contribution in [1.29, 1.82) is 0 Å². The summed E-state index contributed by atoms with van der Waals surface area (Å²) >= 11 is 0. The van der Waals surface area contributed by atoms with E-state index in [2.05, 4.69) is 24.1 Å². The Balaban J connectivity index is 1.90. The number of hydrogen-bond acceptors (Lipinski definition) is 3. The summed E-state index contributed by atoms with van der Waals surface area (Å²) in [5, 5.41) is 0. The molecule has 0 amide bonds. The number of nitrogens with zero attached hydrogens (tertiary/aromatic N) is 1. The lowest BCUT2D eigenvalue weighted by Crippen LogP contribution is -2.21. The Bertz CT molecular complexity index is 390. The fourth-order valence-electron chi connectivity index (χ4n) is 2.10. The van der Waals surface area contributed by atoms with Gasteiger partial charge in [0.05, 0.1) is 12.3 Å². The van der Waals surface area contributed by atoms with Gasteiger partial charge < -0.3 is 10.5 Å². The van der Waals surface area contributed by atoms with Crippen LogP contribution in [0.1, 0.15) is 25.5 Å². The highest BCUT2D eigenvalue weighted by Gasteiger charge is 2.18. The lowest BCUT2D eigenvalue weighted by atomic mass is 9.85. The zero-order chi connectivity index (χ0) is 12.1. The van der Waals surface area contributed by atoms with Gasteiger partial charge in [-0.15, -0.1) is 0 Å². The fraction of sp³-hybridized carbons (Fsp3) is 0.500. The summed E-state index contributed by atoms with van der Waals surface area (Å²) in [6.45, 7) is 3.52. The normalized spacial score (nSPS) is 23.6. The summed E-state index contributed by atoms with van der Waals surface area (Å²) in [5.41, 5.74) is 6.43. The molecular formula is C14H20N2O. The number of nitrogens with two attached hydrogens (primary N) is 1. The minimum absolute atomic E-state index is 0.458. The third-order valence-electron chi connectivity index (χ3n) is 3.38. The number of pyridine rings is 1. The van der Waals surface area contributed by atoms with E-state index < -0.39 is 0 Å². The van der Waals surface area contributed by atoms with Crippen LogP contribution in [0.3, 0.4) is 0 Å². The number of aromatic nitrogens is 1. The standard InChI is InChI=1S/C14H20N2O/c1-11-4-2-3-5-12(11)10-17-14-6-7-16-13(8-14)9-15/h2-3,6-8,11-12H,4-5,9-10,15H2,1H3. The summed E-state index contributed by atoms with van der Waals surface area (Å²) in [6, 6.07) is 3.81. The Morgan fingerprint density at radius 1 is 1.41 bits per heavy atom. The molecule has 0 aromatic carbocycles. The summed E-state index contributed by atoms with van der Waals surface area (Å²) in [7, 11) is 0. The SMILES string of the molecule is CC1CC=CCC1COc1ccnc(CN)c1. The van der Waals surface area contributed by atoms with Crippen molar-refractivity contribution < 1.29 is 4.74 Å². The van der Waals surface area contributed by atoms with Crippen molar-refractivity contribution in [3.63, 3.8) is 0 Å². The molecule has 0 spiro atoms. The minimum Gasteiger partial charge on any atom is -0.493 e. The number of ether oxygens (including phenoxy) is 1. The van der Waals surface area contributed by atoms with Crippen LogP contribution in [0.5, 0.6) is 5.75 Å². The molecule has 0 aliphatic heterocycles. The average molecular weight is 232 g/mol. The number of rotatable bonds is 4. The van der Waals surface area contributed by atoms with Crippen LogP contribution in [-0.2, 0) is 6.54 Å². The molecule has 3 heteroatoms. The van der Waals surface area contributed by atoms with Crippen LogP contribution in [0, 0.1) is 11.8 Å². The van der Waals surface area contributed by atoms with E-state index in [0.717, 1.165) is 24.5 Å². The third kappa shape index (κ3) is 3.30. The van der Waals surface area contributed by atoms with Crippen molar-refractivity contribution >= 4 is 0 Å². The van der Waals surface area contributed by atoms with Gasteiger partial charge >= 0.3 is 0 Å². The Morgan fingerprint density at radius 3 is 3.00 bits per heavy atom. The molecule has 2 atom stereocenters. The molecule has 0 saturated heterocycles. The lowest BCUT2D eigenvalue weighted by molar-refractivity contribution is 0.198. The first-order valence-electron chi connectivity index (χ1n) is 6.22. The van der Waals surface area contributed by atoms with Crippen molar-refractivity contribution in [1.82, 2.24) is 4.98 Å². The highest BCUT2D eigenvalue weighted by Crippen LogP contribution is 2.25. The van der Waals surface area contributed by atoms with Crippen LogP contribution >= 0.6 is 0 Å². The predicted molar refractivity (Wildman–Crippen MR) is 68.7 cm³/mol. The molecule has 2 rings (SSSR count). The first-order valence-corrected chi connectivity index (χ1v) is 6.22. The molecule has 0 bridgehead atoms. The molecule has 3 nitrogen and oxygen atoms in total. The zero-order valence-corrected chi connectivity index (χ0v) is 10.3. The number of hydrogen-bond donors (Lipinski definition) is 1. The maximum Gasteiger partial charge on any atom is 0.122 e. The molecule has 1 aromatic heterocycles. The van der Waals surface area contributed by atoms with E-state index in [1.54, 1.807) is 6.20 Å². The lowest BCUT2D eigenvalue weighted by Gasteiger charge is -2.25. The van der Waals surface area contributed by atoms with Gasteiger partial charge in [-0.2, -0.15) is 0 Å². The predicted octanol–water partition coefficient (Wildman–Crippen LogP) is 2.52. The summed E-state index contributed by atoms with van der Waals surface area (Å²) in [6.07, 6.45) is 8.56. The Labute approximate surface area is 103 Å². The van der Waals surface area contributed by atoms with Crippen molar-refractivity contribution in [2.75, 3.05) is 6.61 Å². The van der Waals surface area contributed by atoms with E-state index in [4.69, 9.17) is 10.5 Å². The van der Waals surface area contributed by atoms with Gasteiger partial charge in [0.1, 0.15) is 5.75 Å². The summed E-state index contributed by atoms with van der Waals surface area (Å²) in [5.74, 6) is 2.20. The van der Waals surface area contributed by atoms with E-state index in [1.807, 2.05) is 12.1 Å². The van der Waals surface area contributed by atoms with Gasteiger partial charge in [0, 0.05) is 18.8 Å². The second-order valence-electron chi connectivity index (χ2n) is 4.68. The van der Waals surface area contributed by atoms with Gasteiger partial charge in [-0.1, -0.05) is 19.1 Å². The van der Waals surface area contributed by atoms with E-state index in [9.17, 15) is 0 Å². The molecule has 1 heterocycles. The molecule has 2 unspecified atom stereocenters. The maximum absolute atomic E-state index is 5.83. The van der Waals surface area contributed by atoms with Gasteiger partial charge in [-0.25, -0.2) is 0 Å². The molecule has 0 radical (unpaired) electrons. The largest absolute Gasteiger partial charge is 0.493 e. The van der Waals surface area contributed by atoms with Gasteiger partial charge in [-0.05, 0) is 30.7 Å². The topological polar surface area (TPSA) is 48.1 Å². The highest BCUT2D eigenvalue weighted by atomic mass is 16.5. The van der Waals surface area contributed by atoms with Crippen molar-refractivity contribution in [2.45, 2.75) is 26.3 Å². The summed E-state index contributed by atoms with van der Waals surface area (Å²) < 4.78 is 5.83. The Hall–Kier alpha value is -1.35. The average Bonchev–Trinajstić information content (AvgIpc) is 2.38. The zero-order valence-electron chi connectivity index (χ0n) is 10.3. The second kappa shape index (κ2) is 5.82. The van der Waals surface area contributed by atoms with E-state index in [1.165, 1.54) is 6.42 Å². The first kappa shape index (κ1) is 12.1. The molecule has 2 N–H and O–H groups in total. The first-order chi connectivity index (χ1) is 8.29. The van der Waals surface area contributed by atoms with Crippen LogP contribution in [0.4, 0.5) is 0 Å². The van der Waals surface area contributed by atoms with Crippen LogP contribution in [0.2, 0.25) is 0 Å². The van der Waals surface area contributed by atoms with Crippen molar-refractivity contribution in [2.24, 2.45) is 17.6 Å². The molecular weight excluding hydrogens is 212 g/mol. The van der Waals surface area contributed by atoms with Gasteiger partial charge in [0.15, 0.2) is 0 Å². The molecule has 1 aromatic rings. The van der Waals surface area contributed by atoms with Crippen molar-refractivity contribution in [3.05, 3.63) is 36.2 Å². The smallest absolute Gasteiger partial charge is 0.122 e. The van der Waals surface area contributed by atoms with E-state index in [0.29, 0.717) is 18.4 Å². The fourth-order valence-corrected chi connectivity index (χ4v) is 2.10. The quantitative estimate of drug-likeness (QED) is 0.811. The van der Waals surface area contributed by atoms with Crippen LogP contribution in [-0.4, -0.2) is 11.6 Å². The number of allylic oxidation sites excluding steroid dienone is 2. The molecule has 92 valence electrons. The van der Waals surface area contributed by atoms with Crippen LogP contribution in [0.15, 0.2) is 30.5 Å². The third-order valence-corrected chi connectivity index (χ3v) is 3.38. The molecule has 0 fully saturated rings. The van der Waals surface area contributed by atoms with Gasteiger partial charge in [0.2, 0.25) is 0 Å². The second-order valence-corrected chi connectivity index (χ2v) is 4.68. The molecule has 1 aliphatic rings. The summed E-state index contributed by atoms with van der Waals surface area (Å²) in [4.78, 5) is 4.15. The van der Waals surface area contributed by atoms with Gasteiger partial charge in [-0.3, -0.25) is 4.98 Å². The Morgan fingerprint density at radius 2 is 2.24 bits per heavy atom. The molecule has 17 heavy (non-hydrogen) atoms. The van der Waals surface area contributed by atoms with Gasteiger partial charge in [0.25, 0.3) is 0 Å². The van der Waals surface area contributed by atoms with Crippen molar-refractivity contribution in [3.8, 4) is 5.75 Å². The van der Waals surface area contributed by atoms with E-state index >= 15 is 0 Å². The van der Waals surface area contributed by atoms with Crippen LogP contribution in [0.25, 0.3) is 0 Å². The molecule has 1 aliphatic carbocycles. The van der Waals surface area contributed by atoms with Crippen LogP contribution < -0.4 is 10.5 Å². The minimum atomic E-state index is 0.458. The highest BCUT2D eigenvalue weighted by molar-refractivity contribution is 5.22. The van der Waals surface area contributed by atoms with E-state index in [-0.39, 0.29) is 0 Å². The molecule has 0 saturated carbocycles. The monoisotopic (exact) mass is 232 g/mol. The Kier molecular flexibility index (Phi) is 4.15. The maximum atomic E-state index is 5.83.